The lowest BCUT2D eigenvalue weighted by Gasteiger charge is -2.20. The molecule has 22 heteroatoms. The fourth-order valence-electron chi connectivity index (χ4n) is 11.1. The Morgan fingerprint density at radius 3 is 1.57 bits per heavy atom. The molecule has 3 saturated heterocycles. The molecular formula is C67H67F4N15O3. The van der Waals surface area contributed by atoms with Gasteiger partial charge in [0.05, 0.1) is 88.4 Å². The Kier molecular flexibility index (Phi) is 19.3. The molecule has 9 heterocycles. The minimum Gasteiger partial charge on any atom is -0.397 e. The lowest BCUT2D eigenvalue weighted by molar-refractivity contribution is -0.130. The molecule has 3 aliphatic heterocycles. The predicted octanol–water partition coefficient (Wildman–Crippen LogP) is 9.54. The van der Waals surface area contributed by atoms with Gasteiger partial charge in [-0.2, -0.15) is 10.2 Å². The van der Waals surface area contributed by atoms with Crippen LogP contribution in [0.15, 0.2) is 146 Å². The Morgan fingerprint density at radius 2 is 1.03 bits per heavy atom. The number of carbonyl (C=O) groups is 3. The first-order chi connectivity index (χ1) is 42.8. The van der Waals surface area contributed by atoms with Crippen molar-refractivity contribution in [3.8, 4) is 33.8 Å². The number of nitrogen functional groups attached to an aromatic ring is 3. The molecule has 18 nitrogen and oxygen atoms in total. The molecule has 3 atom stereocenters. The number of pyridine rings is 3. The number of hydrogen-bond donors (Lipinski definition) is 3. The average Bonchev–Trinajstić information content (AvgIpc) is 3.19. The molecule has 3 fully saturated rings. The molecule has 0 spiro atoms. The Labute approximate surface area is 512 Å². The van der Waals surface area contributed by atoms with Gasteiger partial charge < -0.3 is 31.9 Å². The van der Waals surface area contributed by atoms with Crippen LogP contribution in [-0.4, -0.2) is 117 Å². The number of aromatic nitrogens is 9. The highest BCUT2D eigenvalue weighted by Crippen LogP contribution is 2.35. The molecular weight excluding hydrogens is 1140 g/mol. The van der Waals surface area contributed by atoms with E-state index in [0.717, 1.165) is 70.8 Å². The van der Waals surface area contributed by atoms with Crippen molar-refractivity contribution in [3.63, 3.8) is 0 Å². The number of nitrogens with zero attached hydrogens (tertiary/aromatic N) is 12. The molecule has 0 radical (unpaired) electrons. The van der Waals surface area contributed by atoms with E-state index in [1.807, 2.05) is 35.8 Å². The standard InChI is InChI=1S/C24H26FN5O.C22H21F2N5O.C21H20FN5O/c1-15-11-18(25)4-6-20(15)22-8-7-21(26)23(27-22)13-24(31)30-10-9-17(14-30)12-19-5-3-16(2)28-29-19;1-14-11-15(23)3-4-16(14)18-6-5-17(25)19(28-18)12-20(30)29-10-7-22(24,13-29)21-26-8-2-9-27-21;22-16-4-2-14(3-5-16)18-7-6-17(23)19(26-18)12-20(28)27-11-8-15(13-27)21-24-9-1-10-25-21/h3-8,11,17H,9-10,12-14,26H2,1-2H3;2-6,8-9,11H,7,10,12-13,25H2,1H3;1-7,9-10,15H,8,11-13,23H2. The van der Waals surface area contributed by atoms with Crippen LogP contribution in [0.25, 0.3) is 33.8 Å². The Balaban J connectivity index is 0.000000147. The minimum atomic E-state index is -1.76. The van der Waals surface area contributed by atoms with Crippen molar-refractivity contribution in [2.24, 2.45) is 5.92 Å². The number of nitrogens with two attached hydrogens (primary N) is 3. The molecule has 3 amide bonds. The number of halogens is 4. The van der Waals surface area contributed by atoms with Crippen molar-refractivity contribution >= 4 is 34.8 Å². The SMILES string of the molecule is Cc1cc(F)ccc1-c1ccc(N)c(CC(=O)N2CCC(F)(c3ncccn3)C2)n1.Cc1ccc(CC2CCN(C(=O)Cc3nc(-c4ccc(F)cc4C)ccc3N)C2)nn1.Nc1ccc(-c2ccc(F)cc2)nc1CC(=O)N1CCC(c2ncccn2)C1. The van der Waals surface area contributed by atoms with E-state index in [1.54, 1.807) is 92.1 Å². The molecule has 456 valence electrons. The van der Waals surface area contributed by atoms with E-state index < -0.39 is 5.67 Å². The second-order valence-corrected chi connectivity index (χ2v) is 22.6. The fraction of sp³-hybridized carbons (Fsp3) is 0.284. The van der Waals surface area contributed by atoms with Gasteiger partial charge in [0.1, 0.15) is 23.3 Å². The first-order valence-electron chi connectivity index (χ1n) is 29.3. The molecule has 0 bridgehead atoms. The molecule has 0 saturated carbocycles. The zero-order valence-corrected chi connectivity index (χ0v) is 49.5. The lowest BCUT2D eigenvalue weighted by Crippen LogP contribution is -2.34. The van der Waals surface area contributed by atoms with Crippen molar-refractivity contribution in [1.29, 1.82) is 0 Å². The van der Waals surface area contributed by atoms with Gasteiger partial charge in [0.25, 0.3) is 0 Å². The van der Waals surface area contributed by atoms with E-state index >= 15 is 4.39 Å². The monoisotopic (exact) mass is 1210 g/mol. The van der Waals surface area contributed by atoms with Crippen molar-refractivity contribution in [2.45, 2.75) is 77.3 Å². The van der Waals surface area contributed by atoms with Crippen LogP contribution in [-0.2, 0) is 45.7 Å². The zero-order chi connectivity index (χ0) is 62.8. The third kappa shape index (κ3) is 15.5. The van der Waals surface area contributed by atoms with E-state index in [-0.39, 0.29) is 85.7 Å². The number of amides is 3. The van der Waals surface area contributed by atoms with Gasteiger partial charge in [-0.05, 0) is 178 Å². The van der Waals surface area contributed by atoms with Gasteiger partial charge in [-0.15, -0.1) is 0 Å². The maximum Gasteiger partial charge on any atom is 0.228 e. The maximum absolute atomic E-state index is 15.2. The smallest absolute Gasteiger partial charge is 0.228 e. The van der Waals surface area contributed by atoms with Crippen LogP contribution in [0.2, 0.25) is 0 Å². The van der Waals surface area contributed by atoms with Gasteiger partial charge in [-0.1, -0.05) is 0 Å². The summed E-state index contributed by atoms with van der Waals surface area (Å²) in [5.41, 5.74) is 27.0. The number of carbonyl (C=O) groups excluding carboxylic acids is 3. The minimum absolute atomic E-state index is 0.0182. The maximum atomic E-state index is 15.2. The number of alkyl halides is 1. The summed E-state index contributed by atoms with van der Waals surface area (Å²) in [5.74, 6) is 0.207. The van der Waals surface area contributed by atoms with E-state index in [4.69, 9.17) is 17.2 Å². The van der Waals surface area contributed by atoms with Crippen LogP contribution in [0.3, 0.4) is 0 Å². The fourth-order valence-corrected chi connectivity index (χ4v) is 11.1. The number of hydrogen-bond acceptors (Lipinski definition) is 15. The Hall–Kier alpha value is -10.1. The quantitative estimate of drug-likeness (QED) is 0.0909. The summed E-state index contributed by atoms with van der Waals surface area (Å²) in [5, 5.41) is 8.35. The number of likely N-dealkylation sites (tertiary alicyclic amines) is 3. The largest absolute Gasteiger partial charge is 0.397 e. The summed E-state index contributed by atoms with van der Waals surface area (Å²) in [6.45, 7) is 8.39. The zero-order valence-electron chi connectivity index (χ0n) is 49.5. The van der Waals surface area contributed by atoms with Crippen LogP contribution in [0.4, 0.5) is 34.6 Å². The third-order valence-corrected chi connectivity index (χ3v) is 16.1. The van der Waals surface area contributed by atoms with Crippen LogP contribution in [0.5, 0.6) is 0 Å². The number of aryl methyl sites for hydroxylation is 3. The van der Waals surface area contributed by atoms with Crippen molar-refractivity contribution in [2.75, 3.05) is 56.5 Å². The second kappa shape index (κ2) is 27.7. The average molecular weight is 1210 g/mol. The second-order valence-electron chi connectivity index (χ2n) is 22.6. The van der Waals surface area contributed by atoms with Gasteiger partial charge in [-0.25, -0.2) is 37.5 Å². The van der Waals surface area contributed by atoms with Gasteiger partial charge in [0.15, 0.2) is 11.5 Å². The Bertz CT molecular complexity index is 3980. The topological polar surface area (TPSA) is 255 Å². The lowest BCUT2D eigenvalue weighted by atomic mass is 10.0. The van der Waals surface area contributed by atoms with Crippen molar-refractivity contribution in [1.82, 2.24) is 59.8 Å². The summed E-state index contributed by atoms with van der Waals surface area (Å²) in [7, 11) is 0. The summed E-state index contributed by atoms with van der Waals surface area (Å²) >= 11 is 0. The van der Waals surface area contributed by atoms with Gasteiger partial charge in [0.2, 0.25) is 17.7 Å². The molecule has 3 aliphatic rings. The van der Waals surface area contributed by atoms with Crippen LogP contribution in [0, 0.1) is 44.1 Å². The van der Waals surface area contributed by atoms with Crippen LogP contribution >= 0.6 is 0 Å². The molecule has 3 aromatic carbocycles. The van der Waals surface area contributed by atoms with Crippen molar-refractivity contribution in [3.05, 3.63) is 215 Å². The third-order valence-electron chi connectivity index (χ3n) is 16.1. The molecule has 0 aliphatic carbocycles. The summed E-state index contributed by atoms with van der Waals surface area (Å²) < 4.78 is 55.2. The van der Waals surface area contributed by atoms with Gasteiger partial charge in [0, 0.05) is 86.5 Å². The molecule has 89 heavy (non-hydrogen) atoms. The predicted molar refractivity (Wildman–Crippen MR) is 330 cm³/mol. The molecule has 6 N–H and O–H groups in total. The first-order valence-corrected chi connectivity index (χ1v) is 29.3. The summed E-state index contributed by atoms with van der Waals surface area (Å²) in [4.78, 5) is 73.9. The molecule has 9 aromatic rings. The Morgan fingerprint density at radius 1 is 0.539 bits per heavy atom. The summed E-state index contributed by atoms with van der Waals surface area (Å²) in [6, 6.07) is 32.9. The number of rotatable bonds is 13. The van der Waals surface area contributed by atoms with E-state index in [9.17, 15) is 27.6 Å². The first kappa shape index (κ1) is 61.9. The number of anilines is 3. The highest BCUT2D eigenvalue weighted by molar-refractivity contribution is 5.82. The molecule has 3 unspecified atom stereocenters. The van der Waals surface area contributed by atoms with Crippen molar-refractivity contribution < 1.29 is 31.9 Å². The van der Waals surface area contributed by atoms with E-state index in [0.29, 0.717) is 76.8 Å². The summed E-state index contributed by atoms with van der Waals surface area (Å²) in [6.07, 6.45) is 9.39. The van der Waals surface area contributed by atoms with Gasteiger partial charge in [-0.3, -0.25) is 29.3 Å². The van der Waals surface area contributed by atoms with Crippen LogP contribution < -0.4 is 17.2 Å². The normalized spacial score (nSPS) is 17.0. The number of benzene rings is 3. The van der Waals surface area contributed by atoms with E-state index in [2.05, 4.69) is 45.1 Å². The molecule has 6 aromatic heterocycles. The highest BCUT2D eigenvalue weighted by atomic mass is 19.1. The highest BCUT2D eigenvalue weighted by Gasteiger charge is 2.44. The molecule has 12 rings (SSSR count). The van der Waals surface area contributed by atoms with Gasteiger partial charge >= 0.3 is 0 Å². The van der Waals surface area contributed by atoms with Crippen LogP contribution in [0.1, 0.15) is 76.4 Å². The van der Waals surface area contributed by atoms with E-state index in [1.165, 1.54) is 53.7 Å².